The molecule has 0 spiro atoms. The van der Waals surface area contributed by atoms with Crippen LogP contribution in [-0.4, -0.2) is 33.8 Å². The van der Waals surface area contributed by atoms with Crippen LogP contribution in [0.25, 0.3) is 0 Å². The predicted octanol–water partition coefficient (Wildman–Crippen LogP) is 2.09. The van der Waals surface area contributed by atoms with Crippen molar-refractivity contribution in [3.05, 3.63) is 40.3 Å². The summed E-state index contributed by atoms with van der Waals surface area (Å²) in [5.41, 5.74) is -0.882. The quantitative estimate of drug-likeness (QED) is 0.810. The summed E-state index contributed by atoms with van der Waals surface area (Å²) in [6, 6.07) is 2.78. The molecule has 0 bridgehead atoms. The summed E-state index contributed by atoms with van der Waals surface area (Å²) in [6.07, 6.45) is 2.39. The van der Waals surface area contributed by atoms with Crippen LogP contribution in [0.15, 0.2) is 29.0 Å². The van der Waals surface area contributed by atoms with Crippen LogP contribution in [0, 0.1) is 0 Å². The topological polar surface area (TPSA) is 86.1 Å². The molecular formula is C13H11BrF2N4O3. The standard InChI is InChI=1S/C13H11BrF2N4O3/c1-20-6-7(11(21)23-2)10(19-20)18-12(22)13(15,16)9-8(14)4-3-5-17-9/h3-6H,1-2H3,(H,18,19,22). The SMILES string of the molecule is COC(=O)c1cn(C)nc1NC(=O)C(F)(F)c1ncccc1Br. The normalized spacial score (nSPS) is 11.2. The Bertz CT molecular complexity index is 763. The molecule has 2 aromatic heterocycles. The maximum Gasteiger partial charge on any atom is 0.367 e. The van der Waals surface area contributed by atoms with Gasteiger partial charge in [-0.3, -0.25) is 14.5 Å². The number of alkyl halides is 2. The molecule has 0 saturated heterocycles. The van der Waals surface area contributed by atoms with Crippen molar-refractivity contribution in [1.82, 2.24) is 14.8 Å². The Balaban J connectivity index is 2.32. The fraction of sp³-hybridized carbons (Fsp3) is 0.231. The van der Waals surface area contributed by atoms with E-state index in [9.17, 15) is 18.4 Å². The van der Waals surface area contributed by atoms with E-state index in [0.29, 0.717) is 0 Å². The average Bonchev–Trinajstić information content (AvgIpc) is 2.87. The highest BCUT2D eigenvalue weighted by molar-refractivity contribution is 9.10. The molecule has 0 aliphatic heterocycles. The van der Waals surface area contributed by atoms with Crippen LogP contribution in [0.3, 0.4) is 0 Å². The number of carbonyl (C=O) groups excluding carboxylic acids is 2. The number of carbonyl (C=O) groups is 2. The van der Waals surface area contributed by atoms with E-state index in [2.05, 4.69) is 30.7 Å². The third kappa shape index (κ3) is 3.36. The summed E-state index contributed by atoms with van der Waals surface area (Å²) in [7, 11) is 2.59. The summed E-state index contributed by atoms with van der Waals surface area (Å²) in [5.74, 6) is -6.72. The Morgan fingerprint density at radius 1 is 1.43 bits per heavy atom. The number of hydrogen-bond acceptors (Lipinski definition) is 5. The van der Waals surface area contributed by atoms with Crippen LogP contribution in [0.4, 0.5) is 14.6 Å². The lowest BCUT2D eigenvalue weighted by atomic mass is 10.2. The number of aryl methyl sites for hydroxylation is 1. The minimum absolute atomic E-state index is 0.0191. The Morgan fingerprint density at radius 3 is 2.74 bits per heavy atom. The van der Waals surface area contributed by atoms with E-state index in [4.69, 9.17) is 0 Å². The van der Waals surface area contributed by atoms with Gasteiger partial charge in [-0.05, 0) is 28.1 Å². The molecule has 2 rings (SSSR count). The largest absolute Gasteiger partial charge is 0.465 e. The van der Waals surface area contributed by atoms with Crippen molar-refractivity contribution in [3.8, 4) is 0 Å². The van der Waals surface area contributed by atoms with Crippen LogP contribution >= 0.6 is 15.9 Å². The number of hydrogen-bond donors (Lipinski definition) is 1. The van der Waals surface area contributed by atoms with Crippen molar-refractivity contribution < 1.29 is 23.1 Å². The molecule has 0 radical (unpaired) electrons. The van der Waals surface area contributed by atoms with Crippen LogP contribution < -0.4 is 5.32 Å². The summed E-state index contributed by atoms with van der Waals surface area (Å²) in [5, 5.41) is 5.70. The number of esters is 1. The van der Waals surface area contributed by atoms with Crippen LogP contribution in [0.2, 0.25) is 0 Å². The lowest BCUT2D eigenvalue weighted by Gasteiger charge is -2.16. The molecule has 0 saturated carbocycles. The summed E-state index contributed by atoms with van der Waals surface area (Å²) >= 11 is 2.92. The highest BCUT2D eigenvalue weighted by atomic mass is 79.9. The van der Waals surface area contributed by atoms with Gasteiger partial charge < -0.3 is 10.1 Å². The van der Waals surface area contributed by atoms with Gasteiger partial charge >= 0.3 is 17.8 Å². The first kappa shape index (κ1) is 17.0. The van der Waals surface area contributed by atoms with Gasteiger partial charge in [-0.1, -0.05) is 0 Å². The van der Waals surface area contributed by atoms with Crippen molar-refractivity contribution in [2.45, 2.75) is 5.92 Å². The number of rotatable bonds is 4. The molecule has 2 aromatic rings. The number of halogens is 3. The average molecular weight is 389 g/mol. The maximum atomic E-state index is 14.3. The molecule has 2 heterocycles. The molecule has 0 aliphatic carbocycles. The third-order valence-electron chi connectivity index (χ3n) is 2.81. The van der Waals surface area contributed by atoms with E-state index < -0.39 is 23.5 Å². The molecule has 7 nitrogen and oxygen atoms in total. The highest BCUT2D eigenvalue weighted by Crippen LogP contribution is 2.33. The van der Waals surface area contributed by atoms with Gasteiger partial charge in [0.1, 0.15) is 11.3 Å². The number of aromatic nitrogens is 3. The summed E-state index contributed by atoms with van der Waals surface area (Å²) < 4.78 is 34.2. The number of nitrogens with one attached hydrogen (secondary N) is 1. The number of nitrogens with zero attached hydrogens (tertiary/aromatic N) is 3. The Morgan fingerprint density at radius 2 is 2.13 bits per heavy atom. The molecule has 0 fully saturated rings. The highest BCUT2D eigenvalue weighted by Gasteiger charge is 2.44. The molecule has 0 aliphatic rings. The Labute approximate surface area is 137 Å². The first-order valence-electron chi connectivity index (χ1n) is 6.19. The third-order valence-corrected chi connectivity index (χ3v) is 3.45. The first-order valence-corrected chi connectivity index (χ1v) is 6.99. The monoisotopic (exact) mass is 388 g/mol. The van der Waals surface area contributed by atoms with Crippen molar-refractivity contribution in [2.24, 2.45) is 7.05 Å². The minimum Gasteiger partial charge on any atom is -0.465 e. The number of amides is 1. The Kier molecular flexibility index (Phi) is 4.73. The molecule has 1 amide bonds. The maximum absolute atomic E-state index is 14.3. The number of methoxy groups -OCH3 is 1. The second-order valence-corrected chi connectivity index (χ2v) is 5.27. The molecule has 1 N–H and O–H groups in total. The summed E-state index contributed by atoms with van der Waals surface area (Å²) in [4.78, 5) is 27.0. The zero-order chi connectivity index (χ0) is 17.2. The number of anilines is 1. The van der Waals surface area contributed by atoms with E-state index in [1.165, 1.54) is 30.1 Å². The molecule has 0 unspecified atom stereocenters. The minimum atomic E-state index is -3.93. The van der Waals surface area contributed by atoms with E-state index >= 15 is 0 Å². The zero-order valence-corrected chi connectivity index (χ0v) is 13.6. The first-order chi connectivity index (χ1) is 10.8. The van der Waals surface area contributed by atoms with Gasteiger partial charge in [-0.15, -0.1) is 0 Å². The molecule has 0 atom stereocenters. The molecular weight excluding hydrogens is 378 g/mol. The number of pyridine rings is 1. The van der Waals surface area contributed by atoms with Crippen molar-refractivity contribution in [1.29, 1.82) is 0 Å². The second-order valence-electron chi connectivity index (χ2n) is 4.42. The van der Waals surface area contributed by atoms with E-state index in [0.717, 1.165) is 13.3 Å². The van der Waals surface area contributed by atoms with E-state index in [1.807, 2.05) is 5.32 Å². The molecule has 122 valence electrons. The lowest BCUT2D eigenvalue weighted by Crippen LogP contribution is -2.34. The van der Waals surface area contributed by atoms with Crippen molar-refractivity contribution in [2.75, 3.05) is 12.4 Å². The fourth-order valence-corrected chi connectivity index (χ4v) is 2.25. The van der Waals surface area contributed by atoms with Crippen LogP contribution in [0.1, 0.15) is 16.1 Å². The Hall–Kier alpha value is -2.36. The fourth-order valence-electron chi connectivity index (χ4n) is 1.75. The second kappa shape index (κ2) is 6.41. The van der Waals surface area contributed by atoms with Crippen molar-refractivity contribution in [3.63, 3.8) is 0 Å². The van der Waals surface area contributed by atoms with Crippen LogP contribution in [0.5, 0.6) is 0 Å². The predicted molar refractivity (Wildman–Crippen MR) is 79.0 cm³/mol. The van der Waals surface area contributed by atoms with Gasteiger partial charge in [0, 0.05) is 23.9 Å². The van der Waals surface area contributed by atoms with Gasteiger partial charge in [0.2, 0.25) is 0 Å². The molecule has 23 heavy (non-hydrogen) atoms. The number of ether oxygens (including phenoxy) is 1. The van der Waals surface area contributed by atoms with E-state index in [1.54, 1.807) is 0 Å². The van der Waals surface area contributed by atoms with Gasteiger partial charge in [0.05, 0.1) is 7.11 Å². The van der Waals surface area contributed by atoms with Gasteiger partial charge in [0.25, 0.3) is 0 Å². The zero-order valence-electron chi connectivity index (χ0n) is 12.0. The van der Waals surface area contributed by atoms with Gasteiger partial charge in [-0.25, -0.2) is 4.79 Å². The van der Waals surface area contributed by atoms with E-state index in [-0.39, 0.29) is 15.9 Å². The van der Waals surface area contributed by atoms with Gasteiger partial charge in [0.15, 0.2) is 5.82 Å². The molecule has 10 heteroatoms. The smallest absolute Gasteiger partial charge is 0.367 e. The van der Waals surface area contributed by atoms with Crippen molar-refractivity contribution >= 4 is 33.6 Å². The molecule has 0 aromatic carbocycles. The summed E-state index contributed by atoms with van der Waals surface area (Å²) in [6.45, 7) is 0. The van der Waals surface area contributed by atoms with Gasteiger partial charge in [-0.2, -0.15) is 13.9 Å². The lowest BCUT2D eigenvalue weighted by molar-refractivity contribution is -0.141. The van der Waals surface area contributed by atoms with Crippen LogP contribution in [-0.2, 0) is 22.5 Å².